The number of benzene rings is 1. The number of carbonyl (C=O) groups excluding carboxylic acids is 1. The van der Waals surface area contributed by atoms with Crippen molar-refractivity contribution in [2.45, 2.75) is 27.2 Å². The Labute approximate surface area is 113 Å². The van der Waals surface area contributed by atoms with Gasteiger partial charge in [0.05, 0.1) is 4.92 Å². The largest absolute Gasteiger partial charge is 0.369 e. The first-order chi connectivity index (χ1) is 8.86. The molecule has 5 nitrogen and oxygen atoms in total. The van der Waals surface area contributed by atoms with Gasteiger partial charge in [-0.1, -0.05) is 20.3 Å². The number of rotatable bonds is 6. The van der Waals surface area contributed by atoms with Gasteiger partial charge in [0, 0.05) is 25.2 Å². The molecule has 1 aromatic carbocycles. The number of hydrogen-bond donors (Lipinski definition) is 0. The molecule has 5 heteroatoms. The molecule has 19 heavy (non-hydrogen) atoms. The van der Waals surface area contributed by atoms with E-state index in [-0.39, 0.29) is 11.5 Å². The molecule has 0 spiro atoms. The Morgan fingerprint density at radius 1 is 1.47 bits per heavy atom. The lowest BCUT2D eigenvalue weighted by Gasteiger charge is -2.22. The molecular formula is C14H20N2O3. The molecule has 0 heterocycles. The molecule has 0 saturated heterocycles. The van der Waals surface area contributed by atoms with Gasteiger partial charge in [-0.05, 0) is 25.0 Å². The van der Waals surface area contributed by atoms with Gasteiger partial charge in [-0.25, -0.2) is 0 Å². The minimum Gasteiger partial charge on any atom is -0.369 e. The van der Waals surface area contributed by atoms with E-state index in [2.05, 4.69) is 13.8 Å². The molecule has 1 rings (SSSR count). The van der Waals surface area contributed by atoms with Crippen LogP contribution in [0.5, 0.6) is 0 Å². The van der Waals surface area contributed by atoms with Crippen LogP contribution in [0.15, 0.2) is 18.2 Å². The monoisotopic (exact) mass is 264 g/mol. The number of anilines is 1. The lowest BCUT2D eigenvalue weighted by molar-refractivity contribution is -0.384. The summed E-state index contributed by atoms with van der Waals surface area (Å²) >= 11 is 0. The van der Waals surface area contributed by atoms with Crippen LogP contribution in [0.1, 0.15) is 37.6 Å². The number of nitrogens with zero attached hydrogens (tertiary/aromatic N) is 2. The van der Waals surface area contributed by atoms with Crippen molar-refractivity contribution in [3.05, 3.63) is 33.9 Å². The van der Waals surface area contributed by atoms with Gasteiger partial charge in [0.1, 0.15) is 5.69 Å². The van der Waals surface area contributed by atoms with Crippen molar-refractivity contribution < 1.29 is 9.72 Å². The highest BCUT2D eigenvalue weighted by Crippen LogP contribution is 2.29. The SMILES string of the molecule is CCC(C)CN(C)c1ccc(C(C)=O)cc1[N+](=O)[O-]. The number of carbonyl (C=O) groups is 1. The van der Waals surface area contributed by atoms with Crippen LogP contribution < -0.4 is 4.90 Å². The van der Waals surface area contributed by atoms with E-state index >= 15 is 0 Å². The molecule has 0 radical (unpaired) electrons. The van der Waals surface area contributed by atoms with Crippen LogP contribution in [0.2, 0.25) is 0 Å². The third-order valence-electron chi connectivity index (χ3n) is 3.27. The minimum atomic E-state index is -0.436. The number of ketones is 1. The Bertz CT molecular complexity index is 486. The summed E-state index contributed by atoms with van der Waals surface area (Å²) < 4.78 is 0. The highest BCUT2D eigenvalue weighted by Gasteiger charge is 2.19. The van der Waals surface area contributed by atoms with E-state index < -0.39 is 4.92 Å². The molecular weight excluding hydrogens is 244 g/mol. The van der Waals surface area contributed by atoms with E-state index in [0.717, 1.165) is 13.0 Å². The zero-order valence-electron chi connectivity index (χ0n) is 11.8. The zero-order valence-corrected chi connectivity index (χ0v) is 11.8. The van der Waals surface area contributed by atoms with E-state index in [0.29, 0.717) is 17.2 Å². The average Bonchev–Trinajstić information content (AvgIpc) is 2.37. The maximum Gasteiger partial charge on any atom is 0.293 e. The van der Waals surface area contributed by atoms with Crippen molar-refractivity contribution in [1.82, 2.24) is 0 Å². The Balaban J connectivity index is 3.12. The highest BCUT2D eigenvalue weighted by atomic mass is 16.6. The summed E-state index contributed by atoms with van der Waals surface area (Å²) in [7, 11) is 1.84. The summed E-state index contributed by atoms with van der Waals surface area (Å²) in [6.45, 7) is 6.34. The van der Waals surface area contributed by atoms with Gasteiger partial charge in [0.25, 0.3) is 5.69 Å². The first-order valence-electron chi connectivity index (χ1n) is 6.37. The standard InChI is InChI=1S/C14H20N2O3/c1-5-10(2)9-15(4)13-7-6-12(11(3)17)8-14(13)16(18)19/h6-8,10H,5,9H2,1-4H3. The molecule has 0 aliphatic rings. The zero-order chi connectivity index (χ0) is 14.6. The number of Topliss-reactive ketones (excluding diaryl/α,β-unsaturated/α-hetero) is 1. The number of hydrogen-bond acceptors (Lipinski definition) is 4. The Morgan fingerprint density at radius 3 is 2.58 bits per heavy atom. The van der Waals surface area contributed by atoms with Crippen LogP contribution in [0, 0.1) is 16.0 Å². The molecule has 0 aliphatic heterocycles. The summed E-state index contributed by atoms with van der Waals surface area (Å²) in [6, 6.07) is 4.64. The molecule has 1 unspecified atom stereocenters. The molecule has 0 fully saturated rings. The molecule has 0 bridgehead atoms. The molecule has 1 atom stereocenters. The van der Waals surface area contributed by atoms with Gasteiger partial charge in [-0.15, -0.1) is 0 Å². The van der Waals surface area contributed by atoms with Gasteiger partial charge in [0.15, 0.2) is 5.78 Å². The van der Waals surface area contributed by atoms with Gasteiger partial charge < -0.3 is 4.90 Å². The van der Waals surface area contributed by atoms with Crippen molar-refractivity contribution >= 4 is 17.2 Å². The Morgan fingerprint density at radius 2 is 2.11 bits per heavy atom. The van der Waals surface area contributed by atoms with Gasteiger partial charge in [0.2, 0.25) is 0 Å². The fraction of sp³-hybridized carbons (Fsp3) is 0.500. The summed E-state index contributed by atoms with van der Waals surface area (Å²) in [5.41, 5.74) is 0.904. The van der Waals surface area contributed by atoms with Crippen molar-refractivity contribution in [2.24, 2.45) is 5.92 Å². The lowest BCUT2D eigenvalue weighted by Crippen LogP contribution is -2.24. The second-order valence-electron chi connectivity index (χ2n) is 4.91. The van der Waals surface area contributed by atoms with E-state index in [1.807, 2.05) is 11.9 Å². The third-order valence-corrected chi connectivity index (χ3v) is 3.27. The van der Waals surface area contributed by atoms with Crippen molar-refractivity contribution in [3.63, 3.8) is 0 Å². The third kappa shape index (κ3) is 3.77. The fourth-order valence-electron chi connectivity index (χ4n) is 1.91. The van der Waals surface area contributed by atoms with Gasteiger partial charge in [-0.3, -0.25) is 14.9 Å². The van der Waals surface area contributed by atoms with E-state index in [4.69, 9.17) is 0 Å². The molecule has 0 N–H and O–H groups in total. The first kappa shape index (κ1) is 15.1. The quantitative estimate of drug-likeness (QED) is 0.449. The number of nitro groups is 1. The second kappa shape index (κ2) is 6.31. The summed E-state index contributed by atoms with van der Waals surface area (Å²) in [5.74, 6) is 0.288. The smallest absolute Gasteiger partial charge is 0.293 e. The van der Waals surface area contributed by atoms with Crippen LogP contribution in [0.4, 0.5) is 11.4 Å². The molecule has 1 aromatic rings. The highest BCUT2D eigenvalue weighted by molar-refractivity contribution is 5.95. The van der Waals surface area contributed by atoms with Crippen molar-refractivity contribution in [1.29, 1.82) is 0 Å². The maximum atomic E-state index is 11.3. The maximum absolute atomic E-state index is 11.3. The van der Waals surface area contributed by atoms with Crippen LogP contribution >= 0.6 is 0 Å². The molecule has 104 valence electrons. The Kier molecular flexibility index (Phi) is 5.03. The fourth-order valence-corrected chi connectivity index (χ4v) is 1.91. The first-order valence-corrected chi connectivity index (χ1v) is 6.37. The van der Waals surface area contributed by atoms with Crippen molar-refractivity contribution in [3.8, 4) is 0 Å². The lowest BCUT2D eigenvalue weighted by atomic mass is 10.1. The summed E-state index contributed by atoms with van der Waals surface area (Å²) in [6.07, 6.45) is 1.02. The summed E-state index contributed by atoms with van der Waals surface area (Å²) in [5, 5.41) is 11.1. The van der Waals surface area contributed by atoms with E-state index in [1.54, 1.807) is 12.1 Å². The van der Waals surface area contributed by atoms with E-state index in [9.17, 15) is 14.9 Å². The second-order valence-corrected chi connectivity index (χ2v) is 4.91. The molecule has 0 saturated carbocycles. The van der Waals surface area contributed by atoms with Gasteiger partial charge in [-0.2, -0.15) is 0 Å². The van der Waals surface area contributed by atoms with Crippen LogP contribution in [-0.4, -0.2) is 24.3 Å². The predicted octanol–water partition coefficient (Wildman–Crippen LogP) is 3.28. The summed E-state index contributed by atoms with van der Waals surface area (Å²) in [4.78, 5) is 23.8. The number of nitro benzene ring substituents is 1. The van der Waals surface area contributed by atoms with Gasteiger partial charge >= 0.3 is 0 Å². The van der Waals surface area contributed by atoms with Crippen LogP contribution in [-0.2, 0) is 0 Å². The van der Waals surface area contributed by atoms with E-state index in [1.165, 1.54) is 13.0 Å². The van der Waals surface area contributed by atoms with Crippen LogP contribution in [0.3, 0.4) is 0 Å². The van der Waals surface area contributed by atoms with Crippen LogP contribution in [0.25, 0.3) is 0 Å². The Hall–Kier alpha value is -1.91. The normalized spacial score (nSPS) is 12.0. The molecule has 0 aliphatic carbocycles. The molecule has 0 amide bonds. The average molecular weight is 264 g/mol. The topological polar surface area (TPSA) is 63.5 Å². The predicted molar refractivity (Wildman–Crippen MR) is 75.8 cm³/mol. The van der Waals surface area contributed by atoms with Crippen molar-refractivity contribution in [2.75, 3.05) is 18.5 Å². The minimum absolute atomic E-state index is 0.0153. The molecule has 0 aromatic heterocycles.